The number of nitrogens with zero attached hydrogens (tertiary/aromatic N) is 3. The van der Waals surface area contributed by atoms with Crippen LogP contribution in [0.1, 0.15) is 5.69 Å². The summed E-state index contributed by atoms with van der Waals surface area (Å²) < 4.78 is 24.6. The number of aliphatic carboxylic acids is 1. The molecule has 1 unspecified atom stereocenters. The van der Waals surface area contributed by atoms with E-state index in [0.29, 0.717) is 5.75 Å². The number of rotatable bonds is 6. The highest BCUT2D eigenvalue weighted by Crippen LogP contribution is 2.37. The largest absolute Gasteiger partial charge is 0.477 e. The number of nitrogens with one attached hydrogen (secondary N) is 1. The quantitative estimate of drug-likeness (QED) is 0.333. The second kappa shape index (κ2) is 7.48. The van der Waals surface area contributed by atoms with Gasteiger partial charge in [-0.2, -0.15) is 8.78 Å². The van der Waals surface area contributed by atoms with E-state index in [4.69, 9.17) is 10.8 Å². The molecule has 2 atom stereocenters. The van der Waals surface area contributed by atoms with Crippen molar-refractivity contribution < 1.29 is 33.1 Å². The van der Waals surface area contributed by atoms with Crippen LogP contribution in [0.5, 0.6) is 0 Å². The molecule has 1 aromatic heterocycles. The molecule has 27 heavy (non-hydrogen) atoms. The van der Waals surface area contributed by atoms with Crippen LogP contribution in [-0.4, -0.2) is 62.3 Å². The maximum atomic E-state index is 12.5. The van der Waals surface area contributed by atoms with Crippen molar-refractivity contribution in [3.8, 4) is 0 Å². The Labute approximate surface area is 158 Å². The molecule has 0 spiro atoms. The van der Waals surface area contributed by atoms with Crippen LogP contribution >= 0.6 is 23.1 Å². The average Bonchev–Trinajstić information content (AvgIpc) is 3.04. The maximum absolute atomic E-state index is 12.5. The number of fused-ring (bicyclic) bond motifs is 1. The lowest BCUT2D eigenvalue weighted by Crippen LogP contribution is -2.70. The number of carbonyl (C=O) groups excluding carboxylic acids is 2. The number of halogens is 2. The third-order valence-corrected chi connectivity index (χ3v) is 5.41. The molecule has 0 aromatic carbocycles. The summed E-state index contributed by atoms with van der Waals surface area (Å²) in [6.07, 6.45) is 1.39. The molecule has 0 radical (unpaired) electrons. The van der Waals surface area contributed by atoms with Crippen molar-refractivity contribution in [2.24, 2.45) is 5.16 Å². The number of amides is 2. The number of nitrogens with two attached hydrogens (primary N) is 1. The maximum Gasteiger partial charge on any atom is 0.407 e. The predicted octanol–water partition coefficient (Wildman–Crippen LogP) is 0.0370. The van der Waals surface area contributed by atoms with Gasteiger partial charge in [0.25, 0.3) is 11.8 Å². The summed E-state index contributed by atoms with van der Waals surface area (Å²) in [5, 5.41) is 15.3. The van der Waals surface area contributed by atoms with Crippen LogP contribution in [0, 0.1) is 0 Å². The smallest absolute Gasteiger partial charge is 0.407 e. The monoisotopic (exact) mass is 419 g/mol. The minimum Gasteiger partial charge on any atom is -0.477 e. The molecule has 1 aromatic rings. The number of hydrogen-bond donors (Lipinski definition) is 3. The van der Waals surface area contributed by atoms with Crippen LogP contribution in [0.4, 0.5) is 13.9 Å². The highest BCUT2D eigenvalue weighted by atomic mass is 32.2. The molecule has 2 amide bonds. The van der Waals surface area contributed by atoms with Crippen LogP contribution in [0.3, 0.4) is 0 Å². The first-order valence-electron chi connectivity index (χ1n) is 7.22. The summed E-state index contributed by atoms with van der Waals surface area (Å²) in [5.74, 6) is -2.54. The molecule has 10 nitrogen and oxygen atoms in total. The normalized spacial score (nSPS) is 22.0. The summed E-state index contributed by atoms with van der Waals surface area (Å²) in [4.78, 5) is 44.5. The fraction of sp³-hybridized carbons (Fsp3) is 0.308. The van der Waals surface area contributed by atoms with Gasteiger partial charge in [-0.3, -0.25) is 14.5 Å². The van der Waals surface area contributed by atoms with Crippen molar-refractivity contribution in [1.29, 1.82) is 0 Å². The van der Waals surface area contributed by atoms with E-state index in [0.717, 1.165) is 16.2 Å². The Morgan fingerprint density at radius 1 is 1.52 bits per heavy atom. The Kier molecular flexibility index (Phi) is 5.27. The van der Waals surface area contributed by atoms with Crippen molar-refractivity contribution in [1.82, 2.24) is 15.2 Å². The zero-order valence-electron chi connectivity index (χ0n) is 13.2. The summed E-state index contributed by atoms with van der Waals surface area (Å²) in [6.45, 7) is -3.26. The molecule has 3 heterocycles. The molecule has 144 valence electrons. The number of anilines is 1. The van der Waals surface area contributed by atoms with Gasteiger partial charge >= 0.3 is 12.6 Å². The lowest BCUT2D eigenvalue weighted by atomic mass is 10.0. The lowest BCUT2D eigenvalue weighted by molar-refractivity contribution is -0.150. The Morgan fingerprint density at radius 2 is 2.26 bits per heavy atom. The van der Waals surface area contributed by atoms with Crippen molar-refractivity contribution in [2.45, 2.75) is 18.0 Å². The Balaban J connectivity index is 1.77. The van der Waals surface area contributed by atoms with Crippen LogP contribution < -0.4 is 11.1 Å². The summed E-state index contributed by atoms with van der Waals surface area (Å²) in [7, 11) is 0. The third kappa shape index (κ3) is 3.71. The SMILES string of the molecule is Nc1nc(C(=NOC(F)F)C(=O)NC2C(=O)N3C(C(=O)O)=CCS[C@@H]23)cs1. The summed E-state index contributed by atoms with van der Waals surface area (Å²) in [6, 6.07) is -1.04. The van der Waals surface area contributed by atoms with E-state index >= 15 is 0 Å². The molecule has 2 aliphatic rings. The highest BCUT2D eigenvalue weighted by Gasteiger charge is 2.53. The summed E-state index contributed by atoms with van der Waals surface area (Å²) >= 11 is 2.20. The third-order valence-electron chi connectivity index (χ3n) is 3.56. The van der Waals surface area contributed by atoms with Crippen molar-refractivity contribution >= 4 is 51.7 Å². The van der Waals surface area contributed by atoms with Crippen LogP contribution in [0.2, 0.25) is 0 Å². The van der Waals surface area contributed by atoms with Gasteiger partial charge in [-0.05, 0) is 6.08 Å². The summed E-state index contributed by atoms with van der Waals surface area (Å²) in [5.41, 5.74) is 4.63. The molecular formula is C13H11F2N5O5S2. The molecule has 0 aliphatic carbocycles. The van der Waals surface area contributed by atoms with Gasteiger partial charge in [-0.15, -0.1) is 23.1 Å². The van der Waals surface area contributed by atoms with Gasteiger partial charge in [-0.25, -0.2) is 9.78 Å². The molecule has 1 saturated heterocycles. The van der Waals surface area contributed by atoms with Crippen LogP contribution in [-0.2, 0) is 19.2 Å². The fourth-order valence-electron chi connectivity index (χ4n) is 2.44. The number of thioether (sulfide) groups is 1. The number of aromatic nitrogens is 1. The number of alkyl halides is 2. The topological polar surface area (TPSA) is 147 Å². The van der Waals surface area contributed by atoms with E-state index in [2.05, 4.69) is 20.3 Å². The second-order valence-electron chi connectivity index (χ2n) is 5.15. The number of carbonyl (C=O) groups is 3. The molecule has 1 fully saturated rings. The molecule has 2 aliphatic heterocycles. The lowest BCUT2D eigenvalue weighted by Gasteiger charge is -2.48. The first kappa shape index (κ1) is 19.0. The van der Waals surface area contributed by atoms with Crippen LogP contribution in [0.25, 0.3) is 0 Å². The number of thiazole rings is 1. The van der Waals surface area contributed by atoms with E-state index in [1.54, 1.807) is 0 Å². The van der Waals surface area contributed by atoms with Gasteiger partial charge in [0.05, 0.1) is 0 Å². The minimum atomic E-state index is -3.26. The van der Waals surface area contributed by atoms with Gasteiger partial charge < -0.3 is 21.0 Å². The van der Waals surface area contributed by atoms with E-state index in [-0.39, 0.29) is 16.5 Å². The van der Waals surface area contributed by atoms with Crippen LogP contribution in [0.15, 0.2) is 22.3 Å². The number of hydrogen-bond acceptors (Lipinski definition) is 9. The van der Waals surface area contributed by atoms with E-state index in [1.807, 2.05) is 0 Å². The Morgan fingerprint density at radius 3 is 2.85 bits per heavy atom. The Bertz CT molecular complexity index is 858. The first-order chi connectivity index (χ1) is 12.8. The van der Waals surface area contributed by atoms with Gasteiger partial charge in [0.1, 0.15) is 22.8 Å². The molecular weight excluding hydrogens is 408 g/mol. The number of oxime groups is 1. The van der Waals surface area contributed by atoms with Gasteiger partial charge in [0.2, 0.25) is 0 Å². The van der Waals surface area contributed by atoms with Crippen molar-refractivity contribution in [3.05, 3.63) is 22.8 Å². The van der Waals surface area contributed by atoms with Gasteiger partial charge in [-0.1, -0.05) is 5.16 Å². The molecule has 14 heteroatoms. The molecule has 3 rings (SSSR count). The zero-order valence-corrected chi connectivity index (χ0v) is 14.8. The van der Waals surface area contributed by atoms with E-state index in [9.17, 15) is 23.2 Å². The van der Waals surface area contributed by atoms with Crippen molar-refractivity contribution in [2.75, 3.05) is 11.5 Å². The first-order valence-corrected chi connectivity index (χ1v) is 9.14. The Hall–Kier alpha value is -2.74. The van der Waals surface area contributed by atoms with Gasteiger partial charge in [0, 0.05) is 11.1 Å². The number of carboxylic acids is 1. The number of nitrogen functional groups attached to an aromatic ring is 1. The molecule has 0 saturated carbocycles. The van der Waals surface area contributed by atoms with E-state index in [1.165, 1.54) is 23.2 Å². The zero-order chi connectivity index (χ0) is 19.7. The predicted molar refractivity (Wildman–Crippen MR) is 90.9 cm³/mol. The average molecular weight is 419 g/mol. The number of carboxylic acid groups (broad SMARTS) is 1. The van der Waals surface area contributed by atoms with E-state index < -0.39 is 41.5 Å². The number of β-lactam (4-membered cyclic amide) rings is 1. The van der Waals surface area contributed by atoms with Gasteiger partial charge in [0.15, 0.2) is 10.8 Å². The molecule has 4 N–H and O–H groups in total. The standard InChI is InChI=1S/C13H11F2N5O5S2/c14-12(15)25-19-6(4-3-27-13(16)17-4)8(21)18-7-9(22)20-5(11(23)24)1-2-26-10(7)20/h1,3,7,10,12H,2H2,(H2,16,17)(H,18,21)(H,23,24)/t7?,10-/m0/s1. The minimum absolute atomic E-state index is 0.0764. The molecule has 0 bridgehead atoms. The van der Waals surface area contributed by atoms with Crippen molar-refractivity contribution in [3.63, 3.8) is 0 Å². The highest BCUT2D eigenvalue weighted by molar-refractivity contribution is 8.00. The fourth-order valence-corrected chi connectivity index (χ4v) is 4.18. The second-order valence-corrected chi connectivity index (χ2v) is 7.19.